The number of carbonyl (C=O) groups excluding carboxylic acids is 1. The molecule has 1 saturated heterocycles. The highest BCUT2D eigenvalue weighted by atomic mass is 16.5. The molecule has 1 spiro atoms. The van der Waals surface area contributed by atoms with Crippen molar-refractivity contribution < 1.29 is 14.7 Å². The van der Waals surface area contributed by atoms with E-state index in [0.29, 0.717) is 31.5 Å². The molecule has 21 heavy (non-hydrogen) atoms. The van der Waals surface area contributed by atoms with Crippen molar-refractivity contribution in [3.05, 3.63) is 29.8 Å². The summed E-state index contributed by atoms with van der Waals surface area (Å²) in [5.41, 5.74) is 1.05. The number of oxime groups is 1. The van der Waals surface area contributed by atoms with Crippen LogP contribution in [0, 0.1) is 0 Å². The molecule has 0 radical (unpaired) electrons. The van der Waals surface area contributed by atoms with Gasteiger partial charge in [-0.2, -0.15) is 0 Å². The zero-order chi connectivity index (χ0) is 14.9. The summed E-state index contributed by atoms with van der Waals surface area (Å²) in [6.07, 6.45) is 2.45. The van der Waals surface area contributed by atoms with Crippen LogP contribution in [0.1, 0.15) is 38.2 Å². The number of nitrogens with zero attached hydrogens (tertiary/aromatic N) is 2. The van der Waals surface area contributed by atoms with Gasteiger partial charge >= 0.3 is 0 Å². The van der Waals surface area contributed by atoms with Crippen molar-refractivity contribution in [1.82, 2.24) is 4.90 Å². The summed E-state index contributed by atoms with van der Waals surface area (Å²) < 4.78 is 6.24. The molecule has 1 fully saturated rings. The lowest BCUT2D eigenvalue weighted by molar-refractivity contribution is -0.130. The number of ether oxygens (including phenoxy) is 1. The lowest BCUT2D eigenvalue weighted by atomic mass is 9.84. The van der Waals surface area contributed by atoms with Gasteiger partial charge in [-0.05, 0) is 25.5 Å². The summed E-state index contributed by atoms with van der Waals surface area (Å²) in [6.45, 7) is 3.41. The normalized spacial score (nSPS) is 27.4. The average molecular weight is 288 g/mol. The fraction of sp³-hybridized carbons (Fsp3) is 0.500. The third-order valence-electron chi connectivity index (χ3n) is 4.50. The van der Waals surface area contributed by atoms with Crippen molar-refractivity contribution >= 4 is 11.6 Å². The number of likely N-dealkylation sites (tertiary alicyclic amines) is 1. The van der Waals surface area contributed by atoms with Gasteiger partial charge in [0.1, 0.15) is 11.4 Å². The molecule has 1 N–H and O–H groups in total. The second-order valence-corrected chi connectivity index (χ2v) is 5.73. The SMILES string of the molecule is CCN1CC[C@]2(CCC1=O)C/C(=N/O)c1ccccc1O2. The molecule has 3 rings (SSSR count). The number of rotatable bonds is 1. The summed E-state index contributed by atoms with van der Waals surface area (Å²) in [5, 5.41) is 12.8. The Labute approximate surface area is 124 Å². The number of carbonyl (C=O) groups is 1. The lowest BCUT2D eigenvalue weighted by Crippen LogP contribution is -2.43. The van der Waals surface area contributed by atoms with Crippen LogP contribution in [-0.2, 0) is 4.79 Å². The smallest absolute Gasteiger partial charge is 0.222 e. The molecule has 1 atom stereocenters. The molecule has 1 aromatic rings. The Morgan fingerprint density at radius 3 is 2.95 bits per heavy atom. The molecule has 0 saturated carbocycles. The molecule has 5 nitrogen and oxygen atoms in total. The minimum absolute atomic E-state index is 0.180. The molecule has 112 valence electrons. The monoisotopic (exact) mass is 288 g/mol. The fourth-order valence-electron chi connectivity index (χ4n) is 3.25. The van der Waals surface area contributed by atoms with Gasteiger partial charge in [-0.3, -0.25) is 4.79 Å². The van der Waals surface area contributed by atoms with Crippen LogP contribution in [0.2, 0.25) is 0 Å². The van der Waals surface area contributed by atoms with Crippen molar-refractivity contribution in [2.45, 2.75) is 38.2 Å². The molecular weight excluding hydrogens is 268 g/mol. The Kier molecular flexibility index (Phi) is 3.57. The van der Waals surface area contributed by atoms with Gasteiger partial charge in [0.15, 0.2) is 0 Å². The topological polar surface area (TPSA) is 62.1 Å². The summed E-state index contributed by atoms with van der Waals surface area (Å²) in [7, 11) is 0. The molecule has 0 bridgehead atoms. The number of fused-ring (bicyclic) bond motifs is 1. The van der Waals surface area contributed by atoms with Crippen molar-refractivity contribution in [3.8, 4) is 5.75 Å². The van der Waals surface area contributed by atoms with Crippen LogP contribution in [0.25, 0.3) is 0 Å². The van der Waals surface area contributed by atoms with Gasteiger partial charge in [0.2, 0.25) is 5.91 Å². The van der Waals surface area contributed by atoms with E-state index in [9.17, 15) is 10.0 Å². The van der Waals surface area contributed by atoms with Gasteiger partial charge in [0.05, 0.1) is 5.71 Å². The lowest BCUT2D eigenvalue weighted by Gasteiger charge is -2.38. The minimum atomic E-state index is -0.435. The van der Waals surface area contributed by atoms with E-state index >= 15 is 0 Å². The number of hydrogen-bond acceptors (Lipinski definition) is 4. The van der Waals surface area contributed by atoms with Crippen LogP contribution < -0.4 is 4.74 Å². The van der Waals surface area contributed by atoms with E-state index in [2.05, 4.69) is 5.16 Å². The Morgan fingerprint density at radius 2 is 2.19 bits per heavy atom. The minimum Gasteiger partial charge on any atom is -0.486 e. The number of amides is 1. The van der Waals surface area contributed by atoms with Crippen LogP contribution in [-0.4, -0.2) is 40.4 Å². The van der Waals surface area contributed by atoms with Crippen molar-refractivity contribution in [2.75, 3.05) is 13.1 Å². The van der Waals surface area contributed by atoms with E-state index in [0.717, 1.165) is 24.3 Å². The molecule has 2 aliphatic heterocycles. The van der Waals surface area contributed by atoms with Gasteiger partial charge in [-0.25, -0.2) is 0 Å². The van der Waals surface area contributed by atoms with Gasteiger partial charge < -0.3 is 14.8 Å². The summed E-state index contributed by atoms with van der Waals surface area (Å²) in [5.74, 6) is 0.924. The summed E-state index contributed by atoms with van der Waals surface area (Å²) in [4.78, 5) is 13.9. The van der Waals surface area contributed by atoms with E-state index in [4.69, 9.17) is 4.74 Å². The van der Waals surface area contributed by atoms with Crippen LogP contribution in [0.3, 0.4) is 0 Å². The van der Waals surface area contributed by atoms with E-state index < -0.39 is 5.60 Å². The number of para-hydroxylation sites is 1. The maximum Gasteiger partial charge on any atom is 0.222 e. The first-order valence-electron chi connectivity index (χ1n) is 7.44. The Hall–Kier alpha value is -2.04. The average Bonchev–Trinajstić information content (AvgIpc) is 2.66. The summed E-state index contributed by atoms with van der Waals surface area (Å²) in [6, 6.07) is 7.61. The fourth-order valence-corrected chi connectivity index (χ4v) is 3.25. The van der Waals surface area contributed by atoms with Crippen molar-refractivity contribution in [2.24, 2.45) is 5.16 Å². The third kappa shape index (κ3) is 2.48. The second-order valence-electron chi connectivity index (χ2n) is 5.73. The molecular formula is C16H20N2O3. The first-order valence-corrected chi connectivity index (χ1v) is 7.44. The zero-order valence-corrected chi connectivity index (χ0v) is 12.2. The van der Waals surface area contributed by atoms with E-state index in [1.165, 1.54) is 0 Å². The quantitative estimate of drug-likeness (QED) is 0.637. The van der Waals surface area contributed by atoms with E-state index in [1.54, 1.807) is 0 Å². The Morgan fingerprint density at radius 1 is 1.38 bits per heavy atom. The van der Waals surface area contributed by atoms with Gasteiger partial charge in [-0.15, -0.1) is 0 Å². The molecule has 5 heteroatoms. The molecule has 2 heterocycles. The van der Waals surface area contributed by atoms with Gasteiger partial charge in [0.25, 0.3) is 0 Å². The maximum atomic E-state index is 12.1. The largest absolute Gasteiger partial charge is 0.486 e. The van der Waals surface area contributed by atoms with Crippen LogP contribution in [0.5, 0.6) is 5.75 Å². The molecule has 1 amide bonds. The van der Waals surface area contributed by atoms with E-state index in [-0.39, 0.29) is 5.91 Å². The van der Waals surface area contributed by atoms with Crippen molar-refractivity contribution in [1.29, 1.82) is 0 Å². The highest BCUT2D eigenvalue weighted by Crippen LogP contribution is 2.39. The van der Waals surface area contributed by atoms with Gasteiger partial charge in [0, 0.05) is 37.9 Å². The number of hydrogen-bond donors (Lipinski definition) is 1. The van der Waals surface area contributed by atoms with Crippen LogP contribution >= 0.6 is 0 Å². The molecule has 0 aromatic heterocycles. The first-order chi connectivity index (χ1) is 10.2. The standard InChI is InChI=1S/C16H20N2O3/c1-2-18-10-9-16(8-7-15(18)19)11-13(17-20)12-5-3-4-6-14(12)21-16/h3-6,20H,2,7-11H2,1H3/b17-13-/t16-/m1/s1. The van der Waals surface area contributed by atoms with Crippen LogP contribution in [0.15, 0.2) is 29.4 Å². The van der Waals surface area contributed by atoms with Gasteiger partial charge in [-0.1, -0.05) is 17.3 Å². The van der Waals surface area contributed by atoms with Crippen molar-refractivity contribution in [3.63, 3.8) is 0 Å². The molecule has 0 unspecified atom stereocenters. The molecule has 0 aliphatic carbocycles. The van der Waals surface area contributed by atoms with Crippen LogP contribution in [0.4, 0.5) is 0 Å². The highest BCUT2D eigenvalue weighted by molar-refractivity contribution is 6.04. The Bertz CT molecular complexity index is 585. The highest BCUT2D eigenvalue weighted by Gasteiger charge is 2.42. The second kappa shape index (κ2) is 5.39. The number of benzene rings is 1. The molecule has 1 aromatic carbocycles. The Balaban J connectivity index is 1.92. The third-order valence-corrected chi connectivity index (χ3v) is 4.50. The predicted octanol–water partition coefficient (Wildman–Crippen LogP) is 2.42. The maximum absolute atomic E-state index is 12.1. The zero-order valence-electron chi connectivity index (χ0n) is 12.2. The molecule has 2 aliphatic rings. The summed E-state index contributed by atoms with van der Waals surface area (Å²) >= 11 is 0. The predicted molar refractivity (Wildman–Crippen MR) is 78.8 cm³/mol. The van der Waals surface area contributed by atoms with E-state index in [1.807, 2.05) is 36.1 Å². The first kappa shape index (κ1) is 13.9.